The molecule has 0 aliphatic carbocycles. The van der Waals surface area contributed by atoms with Crippen LogP contribution in [0.2, 0.25) is 0 Å². The molecule has 0 bridgehead atoms. The van der Waals surface area contributed by atoms with E-state index in [0.29, 0.717) is 27.2 Å². The van der Waals surface area contributed by atoms with Crippen molar-refractivity contribution >= 4 is 33.2 Å². The molecular weight excluding hydrogens is 280 g/mol. The summed E-state index contributed by atoms with van der Waals surface area (Å²) in [5.74, 6) is 0.134. The van der Waals surface area contributed by atoms with Crippen molar-refractivity contribution < 1.29 is 9.21 Å². The Kier molecular flexibility index (Phi) is 2.97. The number of aryl methyl sites for hydroxylation is 1. The van der Waals surface area contributed by atoms with Gasteiger partial charge in [0.15, 0.2) is 5.76 Å². The first-order valence-corrected chi connectivity index (χ1v) is 5.89. The first-order valence-electron chi connectivity index (χ1n) is 4.33. The number of ketones is 1. The highest BCUT2D eigenvalue weighted by Crippen LogP contribution is 2.23. The van der Waals surface area contributed by atoms with Gasteiger partial charge in [-0.3, -0.25) is 4.79 Å². The summed E-state index contributed by atoms with van der Waals surface area (Å²) in [7, 11) is 0. The number of halogens is 1. The number of hydrogen-bond donors (Lipinski definition) is 0. The molecule has 15 heavy (non-hydrogen) atoms. The molecule has 0 aliphatic heterocycles. The van der Waals surface area contributed by atoms with Gasteiger partial charge < -0.3 is 4.42 Å². The van der Waals surface area contributed by atoms with Gasteiger partial charge in [0.25, 0.3) is 0 Å². The Hall–Kier alpha value is -1.01. The third kappa shape index (κ3) is 1.87. The van der Waals surface area contributed by atoms with Crippen molar-refractivity contribution in [3.63, 3.8) is 0 Å². The van der Waals surface area contributed by atoms with Crippen molar-refractivity contribution in [3.05, 3.63) is 33.1 Å². The molecular formula is C9H7BrN2O2S. The van der Waals surface area contributed by atoms with Crippen LogP contribution in [-0.2, 0) is 6.42 Å². The van der Waals surface area contributed by atoms with Crippen molar-refractivity contribution in [2.45, 2.75) is 13.3 Å². The number of carbonyl (C=O) groups is 1. The molecule has 0 N–H and O–H groups in total. The molecule has 2 rings (SSSR count). The normalized spacial score (nSPS) is 10.5. The Morgan fingerprint density at radius 1 is 1.67 bits per heavy atom. The summed E-state index contributed by atoms with van der Waals surface area (Å²) in [6, 6.07) is 1.69. The van der Waals surface area contributed by atoms with Crippen LogP contribution in [0, 0.1) is 0 Å². The third-order valence-corrected chi connectivity index (χ3v) is 3.31. The smallest absolute Gasteiger partial charge is 0.242 e. The average Bonchev–Trinajstić information content (AvgIpc) is 2.84. The summed E-state index contributed by atoms with van der Waals surface area (Å²) in [6.07, 6.45) is 2.16. The van der Waals surface area contributed by atoms with Crippen LogP contribution in [0.4, 0.5) is 0 Å². The molecule has 2 heterocycles. The molecule has 78 valence electrons. The van der Waals surface area contributed by atoms with E-state index in [0.717, 1.165) is 11.5 Å². The Bertz CT molecular complexity index is 492. The number of furan rings is 1. The van der Waals surface area contributed by atoms with Gasteiger partial charge in [-0.1, -0.05) is 11.4 Å². The van der Waals surface area contributed by atoms with Crippen LogP contribution in [0.25, 0.3) is 0 Å². The van der Waals surface area contributed by atoms with E-state index >= 15 is 0 Å². The van der Waals surface area contributed by atoms with Gasteiger partial charge in [0, 0.05) is 0 Å². The molecule has 0 radical (unpaired) electrons. The van der Waals surface area contributed by atoms with Crippen LogP contribution in [0.3, 0.4) is 0 Å². The van der Waals surface area contributed by atoms with E-state index in [1.165, 1.54) is 6.26 Å². The van der Waals surface area contributed by atoms with Crippen LogP contribution in [0.5, 0.6) is 0 Å². The second-order valence-corrected chi connectivity index (χ2v) is 4.44. The number of aromatic nitrogens is 2. The summed E-state index contributed by atoms with van der Waals surface area (Å²) >= 11 is 4.35. The van der Waals surface area contributed by atoms with E-state index in [2.05, 4.69) is 25.5 Å². The minimum Gasteiger partial charge on any atom is -0.460 e. The lowest BCUT2D eigenvalue weighted by molar-refractivity contribution is 0.101. The minimum atomic E-state index is -0.168. The van der Waals surface area contributed by atoms with Gasteiger partial charge in [-0.25, -0.2) is 0 Å². The predicted octanol–water partition coefficient (Wildman–Crippen LogP) is 2.69. The standard InChI is InChI=1S/C9H7BrN2O2S/c1-2-6-9(15-12-11-6)7(13)8-5(10)3-4-14-8/h3-4H,2H2,1H3. The molecule has 0 aliphatic rings. The molecule has 0 saturated carbocycles. The molecule has 4 nitrogen and oxygen atoms in total. The number of rotatable bonds is 3. The predicted molar refractivity (Wildman–Crippen MR) is 59.1 cm³/mol. The van der Waals surface area contributed by atoms with Crippen molar-refractivity contribution in [2.75, 3.05) is 0 Å². The summed E-state index contributed by atoms with van der Waals surface area (Å²) in [4.78, 5) is 12.5. The maximum absolute atomic E-state index is 12.0. The second-order valence-electron chi connectivity index (χ2n) is 2.83. The summed E-state index contributed by atoms with van der Waals surface area (Å²) in [6.45, 7) is 1.94. The Labute approximate surface area is 98.6 Å². The zero-order valence-electron chi connectivity index (χ0n) is 7.86. The van der Waals surface area contributed by atoms with Gasteiger partial charge in [0.1, 0.15) is 4.88 Å². The SMILES string of the molecule is CCc1nnsc1C(=O)c1occc1Br. The van der Waals surface area contributed by atoms with E-state index in [1.807, 2.05) is 6.92 Å². The second kappa shape index (κ2) is 4.24. The van der Waals surface area contributed by atoms with Crippen LogP contribution in [0.15, 0.2) is 21.2 Å². The van der Waals surface area contributed by atoms with Crippen LogP contribution in [0.1, 0.15) is 28.0 Å². The summed E-state index contributed by atoms with van der Waals surface area (Å²) in [5.41, 5.74) is 0.716. The number of carbonyl (C=O) groups excluding carboxylic acids is 1. The van der Waals surface area contributed by atoms with Crippen molar-refractivity contribution in [1.82, 2.24) is 9.59 Å². The molecule has 0 amide bonds. The Morgan fingerprint density at radius 3 is 3.07 bits per heavy atom. The zero-order chi connectivity index (χ0) is 10.8. The lowest BCUT2D eigenvalue weighted by Gasteiger charge is -1.95. The fraction of sp³-hybridized carbons (Fsp3) is 0.222. The molecule has 6 heteroatoms. The highest BCUT2D eigenvalue weighted by molar-refractivity contribution is 9.10. The van der Waals surface area contributed by atoms with E-state index < -0.39 is 0 Å². The largest absolute Gasteiger partial charge is 0.460 e. The Morgan fingerprint density at radius 2 is 2.47 bits per heavy atom. The van der Waals surface area contributed by atoms with E-state index in [4.69, 9.17) is 4.42 Å². The number of hydrogen-bond acceptors (Lipinski definition) is 5. The summed E-state index contributed by atoms with van der Waals surface area (Å²) in [5, 5.41) is 3.89. The lowest BCUT2D eigenvalue weighted by atomic mass is 10.2. The summed E-state index contributed by atoms with van der Waals surface area (Å²) < 4.78 is 9.53. The van der Waals surface area contributed by atoms with Gasteiger partial charge in [-0.05, 0) is 39.9 Å². The Balaban J connectivity index is 2.41. The zero-order valence-corrected chi connectivity index (χ0v) is 10.3. The number of nitrogens with zero attached hydrogens (tertiary/aromatic N) is 2. The van der Waals surface area contributed by atoms with E-state index in [-0.39, 0.29) is 5.78 Å². The third-order valence-electron chi connectivity index (χ3n) is 1.92. The van der Waals surface area contributed by atoms with Crippen molar-refractivity contribution in [1.29, 1.82) is 0 Å². The van der Waals surface area contributed by atoms with E-state index in [9.17, 15) is 4.79 Å². The van der Waals surface area contributed by atoms with Crippen LogP contribution < -0.4 is 0 Å². The topological polar surface area (TPSA) is 56.0 Å². The molecule has 0 spiro atoms. The van der Waals surface area contributed by atoms with E-state index in [1.54, 1.807) is 6.07 Å². The lowest BCUT2D eigenvalue weighted by Crippen LogP contribution is -2.01. The van der Waals surface area contributed by atoms with Crippen LogP contribution >= 0.6 is 27.5 Å². The fourth-order valence-electron chi connectivity index (χ4n) is 1.17. The highest BCUT2D eigenvalue weighted by Gasteiger charge is 2.21. The quantitative estimate of drug-likeness (QED) is 0.814. The first kappa shape index (κ1) is 10.5. The monoisotopic (exact) mass is 286 g/mol. The molecule has 0 saturated heterocycles. The molecule has 0 unspecified atom stereocenters. The van der Waals surface area contributed by atoms with Gasteiger partial charge in [0.05, 0.1) is 16.4 Å². The van der Waals surface area contributed by atoms with Crippen molar-refractivity contribution in [3.8, 4) is 0 Å². The molecule has 0 fully saturated rings. The first-order chi connectivity index (χ1) is 7.24. The molecule has 0 aromatic carbocycles. The van der Waals surface area contributed by atoms with Crippen molar-refractivity contribution in [2.24, 2.45) is 0 Å². The average molecular weight is 287 g/mol. The van der Waals surface area contributed by atoms with Gasteiger partial charge >= 0.3 is 0 Å². The fourth-order valence-corrected chi connectivity index (χ4v) is 2.24. The van der Waals surface area contributed by atoms with Gasteiger partial charge in [-0.2, -0.15) is 0 Å². The van der Waals surface area contributed by atoms with Gasteiger partial charge in [-0.15, -0.1) is 5.10 Å². The maximum Gasteiger partial charge on any atom is 0.242 e. The van der Waals surface area contributed by atoms with Crippen LogP contribution in [-0.4, -0.2) is 15.4 Å². The molecule has 2 aromatic rings. The molecule has 2 aromatic heterocycles. The maximum atomic E-state index is 12.0. The highest BCUT2D eigenvalue weighted by atomic mass is 79.9. The molecule has 0 atom stereocenters. The minimum absolute atomic E-state index is 0.168. The van der Waals surface area contributed by atoms with Gasteiger partial charge in [0.2, 0.25) is 5.78 Å².